The number of benzene rings is 1. The Bertz CT molecular complexity index is 934. The Morgan fingerprint density at radius 1 is 1.30 bits per heavy atom. The molecule has 2 fully saturated rings. The summed E-state index contributed by atoms with van der Waals surface area (Å²) in [5.74, 6) is 0.604. The third kappa shape index (κ3) is 3.46. The number of amides is 1. The van der Waals surface area contributed by atoms with E-state index in [0.29, 0.717) is 34.8 Å². The zero-order valence-corrected chi connectivity index (χ0v) is 15.8. The average Bonchev–Trinajstić information content (AvgIpc) is 3.45. The van der Waals surface area contributed by atoms with Crippen molar-refractivity contribution in [3.63, 3.8) is 0 Å². The number of aromatic nitrogens is 2. The lowest BCUT2D eigenvalue weighted by Gasteiger charge is -2.36. The summed E-state index contributed by atoms with van der Waals surface area (Å²) in [6.45, 7) is 2.94. The number of halogens is 1. The van der Waals surface area contributed by atoms with Crippen LogP contribution in [0.25, 0.3) is 10.9 Å². The van der Waals surface area contributed by atoms with Crippen LogP contribution in [0.15, 0.2) is 23.0 Å². The van der Waals surface area contributed by atoms with Gasteiger partial charge in [-0.25, -0.2) is 14.5 Å². The summed E-state index contributed by atoms with van der Waals surface area (Å²) in [7, 11) is 2.04. The Morgan fingerprint density at radius 2 is 2.00 bits per heavy atom. The van der Waals surface area contributed by atoms with Crippen LogP contribution in [0.4, 0.5) is 4.79 Å². The maximum atomic E-state index is 13.4. The average molecular weight is 392 g/mol. The van der Waals surface area contributed by atoms with E-state index in [1.807, 2.05) is 12.1 Å². The molecule has 1 aliphatic carbocycles. The summed E-state index contributed by atoms with van der Waals surface area (Å²) in [5.41, 5.74) is 0.244. The van der Waals surface area contributed by atoms with Crippen LogP contribution in [0, 0.1) is 5.92 Å². The van der Waals surface area contributed by atoms with Crippen molar-refractivity contribution in [1.82, 2.24) is 19.9 Å². The maximum Gasteiger partial charge on any atom is 0.405 e. The minimum atomic E-state index is -1.11. The predicted octanol–water partition coefficient (Wildman–Crippen LogP) is 1.65. The van der Waals surface area contributed by atoms with E-state index in [2.05, 4.69) is 10.2 Å². The van der Waals surface area contributed by atoms with Crippen LogP contribution in [0.1, 0.15) is 24.7 Å². The molecule has 2 N–H and O–H groups in total. The molecule has 4 rings (SSSR count). The lowest BCUT2D eigenvalue weighted by molar-refractivity contribution is 0.186. The van der Waals surface area contributed by atoms with Crippen molar-refractivity contribution in [2.45, 2.75) is 18.9 Å². The molecule has 2 aromatic rings. The highest BCUT2D eigenvalue weighted by atomic mass is 35.5. The first kappa shape index (κ1) is 18.1. The Morgan fingerprint density at radius 3 is 2.63 bits per heavy atom. The van der Waals surface area contributed by atoms with E-state index in [9.17, 15) is 14.7 Å². The molecule has 1 amide bonds. The minimum Gasteiger partial charge on any atom is -0.465 e. The first-order chi connectivity index (χ1) is 13.0. The van der Waals surface area contributed by atoms with Gasteiger partial charge in [-0.05, 0) is 37.9 Å². The fourth-order valence-electron chi connectivity index (χ4n) is 3.62. The van der Waals surface area contributed by atoms with Crippen LogP contribution >= 0.6 is 11.6 Å². The number of rotatable bonds is 4. The van der Waals surface area contributed by atoms with Crippen molar-refractivity contribution in [2.75, 3.05) is 38.2 Å². The first-order valence-corrected chi connectivity index (χ1v) is 9.48. The van der Waals surface area contributed by atoms with Crippen molar-refractivity contribution < 1.29 is 9.90 Å². The molecule has 1 aromatic heterocycles. The summed E-state index contributed by atoms with van der Waals surface area (Å²) in [5, 5.41) is 14.6. The molecular formula is C18H22ClN5O3. The zero-order valence-electron chi connectivity index (χ0n) is 15.1. The molecule has 8 nitrogen and oxygen atoms in total. The molecule has 1 aliphatic heterocycles. The van der Waals surface area contributed by atoms with Gasteiger partial charge in [-0.2, -0.15) is 0 Å². The van der Waals surface area contributed by atoms with Gasteiger partial charge >= 0.3 is 6.09 Å². The highest BCUT2D eigenvalue weighted by molar-refractivity contribution is 6.35. The number of likely N-dealkylation sites (N-methyl/N-ethyl adjacent to an activating group) is 1. The monoisotopic (exact) mass is 391 g/mol. The van der Waals surface area contributed by atoms with Crippen molar-refractivity contribution in [3.05, 3.63) is 39.4 Å². The van der Waals surface area contributed by atoms with Gasteiger partial charge in [0.1, 0.15) is 0 Å². The largest absolute Gasteiger partial charge is 0.465 e. The molecular weight excluding hydrogens is 370 g/mol. The number of carbonyl (C=O) groups is 1. The first-order valence-electron chi connectivity index (χ1n) is 9.10. The van der Waals surface area contributed by atoms with Crippen molar-refractivity contribution in [3.8, 4) is 0 Å². The Kier molecular flexibility index (Phi) is 4.69. The van der Waals surface area contributed by atoms with Gasteiger partial charge in [-0.3, -0.25) is 4.79 Å². The molecule has 0 radical (unpaired) electrons. The number of nitrogens with one attached hydrogen (secondary N) is 1. The summed E-state index contributed by atoms with van der Waals surface area (Å²) in [6, 6.07) is 4.65. The highest BCUT2D eigenvalue weighted by Gasteiger charge is 2.38. The SMILES string of the molecule is CN1CCN(n2c(C(NC(=O)O)C3CC3)nc3cccc(Cl)c3c2=O)CC1. The highest BCUT2D eigenvalue weighted by Crippen LogP contribution is 2.40. The molecule has 2 heterocycles. The fourth-order valence-corrected chi connectivity index (χ4v) is 3.88. The fraction of sp³-hybridized carbons (Fsp3) is 0.500. The summed E-state index contributed by atoms with van der Waals surface area (Å²) in [6.07, 6.45) is 0.714. The van der Waals surface area contributed by atoms with Gasteiger partial charge in [0.05, 0.1) is 22.0 Å². The second-order valence-electron chi connectivity index (χ2n) is 7.24. The van der Waals surface area contributed by atoms with E-state index in [1.54, 1.807) is 22.9 Å². The van der Waals surface area contributed by atoms with E-state index < -0.39 is 12.1 Å². The Labute approximate surface area is 161 Å². The van der Waals surface area contributed by atoms with Gasteiger partial charge in [-0.15, -0.1) is 0 Å². The number of carboxylic acid groups (broad SMARTS) is 1. The zero-order chi connectivity index (χ0) is 19.1. The Hall–Kier alpha value is -2.32. The van der Waals surface area contributed by atoms with E-state index in [4.69, 9.17) is 16.6 Å². The lowest BCUT2D eigenvalue weighted by Crippen LogP contribution is -2.55. The van der Waals surface area contributed by atoms with Crippen LogP contribution in [-0.2, 0) is 0 Å². The third-order valence-corrected chi connectivity index (χ3v) is 5.58. The topological polar surface area (TPSA) is 90.7 Å². The quantitative estimate of drug-likeness (QED) is 0.823. The number of hydrogen-bond donors (Lipinski definition) is 2. The normalized spacial score (nSPS) is 19.3. The molecule has 1 aromatic carbocycles. The molecule has 0 bridgehead atoms. The number of nitrogens with zero attached hydrogens (tertiary/aromatic N) is 4. The van der Waals surface area contributed by atoms with Gasteiger partial charge in [0, 0.05) is 26.2 Å². The summed E-state index contributed by atoms with van der Waals surface area (Å²) >= 11 is 6.30. The standard InChI is InChI=1S/C18H22ClN5O3/c1-22-7-9-23(10-8-22)24-16(15(11-5-6-11)21-18(26)27)20-13-4-2-3-12(19)14(13)17(24)25/h2-4,11,15,21H,5-10H2,1H3,(H,26,27). The van der Waals surface area contributed by atoms with E-state index in [-0.39, 0.29) is 11.5 Å². The molecule has 1 saturated carbocycles. The predicted molar refractivity (Wildman–Crippen MR) is 103 cm³/mol. The summed E-state index contributed by atoms with van der Waals surface area (Å²) in [4.78, 5) is 31.7. The van der Waals surface area contributed by atoms with E-state index >= 15 is 0 Å². The van der Waals surface area contributed by atoms with Crippen LogP contribution in [0.5, 0.6) is 0 Å². The summed E-state index contributed by atoms with van der Waals surface area (Å²) < 4.78 is 1.56. The van der Waals surface area contributed by atoms with Crippen molar-refractivity contribution in [1.29, 1.82) is 0 Å². The second-order valence-corrected chi connectivity index (χ2v) is 7.65. The molecule has 144 valence electrons. The molecule has 27 heavy (non-hydrogen) atoms. The van der Waals surface area contributed by atoms with Gasteiger partial charge < -0.3 is 20.3 Å². The molecule has 1 saturated heterocycles. The van der Waals surface area contributed by atoms with Crippen LogP contribution in [0.3, 0.4) is 0 Å². The number of piperazine rings is 1. The minimum absolute atomic E-state index is 0.156. The van der Waals surface area contributed by atoms with Gasteiger partial charge in [0.2, 0.25) is 0 Å². The third-order valence-electron chi connectivity index (χ3n) is 5.26. The van der Waals surface area contributed by atoms with E-state index in [0.717, 1.165) is 25.9 Å². The number of fused-ring (bicyclic) bond motifs is 1. The van der Waals surface area contributed by atoms with Crippen LogP contribution in [0.2, 0.25) is 5.02 Å². The molecule has 0 spiro atoms. The lowest BCUT2D eigenvalue weighted by atomic mass is 10.1. The maximum absolute atomic E-state index is 13.4. The van der Waals surface area contributed by atoms with Crippen molar-refractivity contribution >= 4 is 28.6 Å². The van der Waals surface area contributed by atoms with Crippen LogP contribution in [-0.4, -0.2) is 59.0 Å². The molecule has 2 aliphatic rings. The van der Waals surface area contributed by atoms with Gasteiger partial charge in [0.25, 0.3) is 5.56 Å². The van der Waals surface area contributed by atoms with E-state index in [1.165, 1.54) is 0 Å². The molecule has 9 heteroatoms. The smallest absolute Gasteiger partial charge is 0.405 e. The van der Waals surface area contributed by atoms with Crippen molar-refractivity contribution in [2.24, 2.45) is 5.92 Å². The molecule has 1 atom stereocenters. The van der Waals surface area contributed by atoms with Crippen LogP contribution < -0.4 is 15.9 Å². The molecule has 1 unspecified atom stereocenters. The van der Waals surface area contributed by atoms with Gasteiger partial charge in [0.15, 0.2) is 5.82 Å². The second kappa shape index (κ2) is 7.01. The number of hydrogen-bond acceptors (Lipinski definition) is 5. The Balaban J connectivity index is 1.91. The van der Waals surface area contributed by atoms with Gasteiger partial charge in [-0.1, -0.05) is 17.7 Å².